The van der Waals surface area contributed by atoms with Crippen LogP contribution in [0.5, 0.6) is 11.5 Å². The fourth-order valence-corrected chi connectivity index (χ4v) is 3.33. The first-order valence-corrected chi connectivity index (χ1v) is 8.49. The van der Waals surface area contributed by atoms with Gasteiger partial charge in [0.25, 0.3) is 0 Å². The van der Waals surface area contributed by atoms with Gasteiger partial charge in [0, 0.05) is 26.2 Å². The van der Waals surface area contributed by atoms with E-state index in [0.29, 0.717) is 19.3 Å². The Bertz CT molecular complexity index is 701. The van der Waals surface area contributed by atoms with E-state index in [1.54, 1.807) is 0 Å². The van der Waals surface area contributed by atoms with Crippen LogP contribution in [0.15, 0.2) is 30.7 Å². The van der Waals surface area contributed by atoms with E-state index >= 15 is 0 Å². The molecule has 0 bridgehead atoms. The maximum atomic E-state index is 5.92. The van der Waals surface area contributed by atoms with Crippen LogP contribution in [0.3, 0.4) is 0 Å². The second-order valence-corrected chi connectivity index (χ2v) is 6.37. The van der Waals surface area contributed by atoms with Crippen molar-refractivity contribution in [3.05, 3.63) is 42.0 Å². The van der Waals surface area contributed by atoms with E-state index in [-0.39, 0.29) is 6.10 Å². The number of aromatic nitrogens is 2. The Labute approximate surface area is 141 Å². The summed E-state index contributed by atoms with van der Waals surface area (Å²) in [7, 11) is 2.01. The van der Waals surface area contributed by atoms with Gasteiger partial charge in [0.1, 0.15) is 19.3 Å². The molecule has 0 saturated carbocycles. The lowest BCUT2D eigenvalue weighted by Crippen LogP contribution is -2.36. The lowest BCUT2D eigenvalue weighted by Gasteiger charge is -2.30. The van der Waals surface area contributed by atoms with Crippen LogP contribution in [0.25, 0.3) is 0 Å². The highest BCUT2D eigenvalue weighted by atomic mass is 16.6. The molecule has 0 amide bonds. The average Bonchev–Trinajstić information content (AvgIpc) is 3.06. The molecule has 0 spiro atoms. The van der Waals surface area contributed by atoms with Crippen molar-refractivity contribution in [2.24, 2.45) is 7.05 Å². The van der Waals surface area contributed by atoms with E-state index in [1.807, 2.05) is 30.2 Å². The van der Waals surface area contributed by atoms with Crippen molar-refractivity contribution in [1.82, 2.24) is 14.9 Å². The maximum Gasteiger partial charge on any atom is 0.161 e. The summed E-state index contributed by atoms with van der Waals surface area (Å²) in [5, 5.41) is 3.65. The predicted octanol–water partition coefficient (Wildman–Crippen LogP) is 2.20. The third kappa shape index (κ3) is 3.25. The molecule has 1 saturated heterocycles. The van der Waals surface area contributed by atoms with E-state index in [1.165, 1.54) is 5.56 Å². The molecule has 0 aliphatic carbocycles. The Hall–Kier alpha value is -2.05. The zero-order valence-corrected chi connectivity index (χ0v) is 13.9. The van der Waals surface area contributed by atoms with Gasteiger partial charge in [0.05, 0.1) is 18.2 Å². The standard InChI is InChI=1S/C18H23N3O3/c1-21-12-19-11-15(21)17-9-14(4-5-22-17)20-10-13-2-3-16-18(8-13)24-7-6-23-16/h2-3,8,11-12,14,17,20H,4-7,9-10H2,1H3/t14-,17-/m1/s1. The summed E-state index contributed by atoms with van der Waals surface area (Å²) >= 11 is 0. The fraction of sp³-hybridized carbons (Fsp3) is 0.500. The van der Waals surface area contributed by atoms with Crippen molar-refractivity contribution >= 4 is 0 Å². The Morgan fingerprint density at radius 2 is 2.08 bits per heavy atom. The molecule has 2 aromatic rings. The highest BCUT2D eigenvalue weighted by Crippen LogP contribution is 2.31. The molecule has 6 nitrogen and oxygen atoms in total. The molecular weight excluding hydrogens is 306 g/mol. The van der Waals surface area contributed by atoms with Crippen molar-refractivity contribution in [3.63, 3.8) is 0 Å². The highest BCUT2D eigenvalue weighted by molar-refractivity contribution is 5.43. The molecule has 2 aliphatic rings. The third-order valence-electron chi connectivity index (χ3n) is 4.67. The van der Waals surface area contributed by atoms with Crippen molar-refractivity contribution in [3.8, 4) is 11.5 Å². The van der Waals surface area contributed by atoms with Crippen LogP contribution in [0.2, 0.25) is 0 Å². The minimum absolute atomic E-state index is 0.115. The van der Waals surface area contributed by atoms with Gasteiger partial charge in [-0.1, -0.05) is 6.07 Å². The number of imidazole rings is 1. The number of fused-ring (bicyclic) bond motifs is 1. The molecule has 1 fully saturated rings. The number of nitrogens with one attached hydrogen (secondary N) is 1. The first-order chi connectivity index (χ1) is 11.8. The molecule has 6 heteroatoms. The molecule has 0 radical (unpaired) electrons. The van der Waals surface area contributed by atoms with Crippen LogP contribution in [0, 0.1) is 0 Å². The second kappa shape index (κ2) is 6.83. The lowest BCUT2D eigenvalue weighted by molar-refractivity contribution is -0.00404. The summed E-state index contributed by atoms with van der Waals surface area (Å²) in [6.45, 7) is 2.84. The van der Waals surface area contributed by atoms with Gasteiger partial charge in [-0.3, -0.25) is 0 Å². The first kappa shape index (κ1) is 15.5. The van der Waals surface area contributed by atoms with E-state index in [2.05, 4.69) is 22.4 Å². The van der Waals surface area contributed by atoms with Crippen LogP contribution in [0.4, 0.5) is 0 Å². The van der Waals surface area contributed by atoms with Crippen LogP contribution in [0.1, 0.15) is 30.2 Å². The first-order valence-electron chi connectivity index (χ1n) is 8.49. The molecule has 128 valence electrons. The topological polar surface area (TPSA) is 57.5 Å². The van der Waals surface area contributed by atoms with Gasteiger partial charge in [-0.05, 0) is 30.5 Å². The van der Waals surface area contributed by atoms with Crippen molar-refractivity contribution in [2.75, 3.05) is 19.8 Å². The maximum absolute atomic E-state index is 5.92. The zero-order chi connectivity index (χ0) is 16.4. The van der Waals surface area contributed by atoms with Gasteiger partial charge in [-0.15, -0.1) is 0 Å². The largest absolute Gasteiger partial charge is 0.486 e. The van der Waals surface area contributed by atoms with Crippen molar-refractivity contribution < 1.29 is 14.2 Å². The Kier molecular flexibility index (Phi) is 4.40. The van der Waals surface area contributed by atoms with Crippen LogP contribution in [-0.2, 0) is 18.3 Å². The minimum Gasteiger partial charge on any atom is -0.486 e. The van der Waals surface area contributed by atoms with E-state index in [9.17, 15) is 0 Å². The number of hydrogen-bond donors (Lipinski definition) is 1. The van der Waals surface area contributed by atoms with Crippen LogP contribution < -0.4 is 14.8 Å². The molecule has 24 heavy (non-hydrogen) atoms. The molecule has 1 aromatic heterocycles. The van der Waals surface area contributed by atoms with E-state index in [0.717, 1.165) is 43.2 Å². The number of nitrogens with zero attached hydrogens (tertiary/aromatic N) is 2. The quantitative estimate of drug-likeness (QED) is 0.932. The SMILES string of the molecule is Cn1cncc1[C@H]1C[C@H](NCc2ccc3c(c2)OCCO3)CCO1. The summed E-state index contributed by atoms with van der Waals surface area (Å²) in [4.78, 5) is 4.19. The molecule has 0 unspecified atom stereocenters. The molecule has 4 rings (SSSR count). The monoisotopic (exact) mass is 329 g/mol. The fourth-order valence-electron chi connectivity index (χ4n) is 3.33. The summed E-state index contributed by atoms with van der Waals surface area (Å²) in [5.74, 6) is 1.69. The Morgan fingerprint density at radius 3 is 2.92 bits per heavy atom. The number of aryl methyl sites for hydroxylation is 1. The highest BCUT2D eigenvalue weighted by Gasteiger charge is 2.25. The van der Waals surface area contributed by atoms with Gasteiger partial charge in [0.15, 0.2) is 11.5 Å². The molecule has 1 aromatic carbocycles. The smallest absolute Gasteiger partial charge is 0.161 e. The average molecular weight is 329 g/mol. The number of hydrogen-bond acceptors (Lipinski definition) is 5. The van der Waals surface area contributed by atoms with E-state index in [4.69, 9.17) is 14.2 Å². The van der Waals surface area contributed by atoms with Gasteiger partial charge < -0.3 is 24.1 Å². The number of rotatable bonds is 4. The predicted molar refractivity (Wildman–Crippen MR) is 89.2 cm³/mol. The van der Waals surface area contributed by atoms with Crippen LogP contribution in [-0.4, -0.2) is 35.4 Å². The molecular formula is C18H23N3O3. The molecule has 2 atom stereocenters. The second-order valence-electron chi connectivity index (χ2n) is 6.37. The summed E-state index contributed by atoms with van der Waals surface area (Å²) in [5.41, 5.74) is 2.35. The summed E-state index contributed by atoms with van der Waals surface area (Å²) < 4.78 is 19.2. The molecule has 2 aliphatic heterocycles. The number of ether oxygens (including phenoxy) is 3. The lowest BCUT2D eigenvalue weighted by atomic mass is 10.0. The van der Waals surface area contributed by atoms with Gasteiger partial charge in [-0.25, -0.2) is 4.98 Å². The number of benzene rings is 1. The van der Waals surface area contributed by atoms with Gasteiger partial charge in [-0.2, -0.15) is 0 Å². The van der Waals surface area contributed by atoms with E-state index < -0.39 is 0 Å². The van der Waals surface area contributed by atoms with Crippen molar-refractivity contribution in [1.29, 1.82) is 0 Å². The normalized spacial score (nSPS) is 23.2. The van der Waals surface area contributed by atoms with Gasteiger partial charge >= 0.3 is 0 Å². The summed E-state index contributed by atoms with van der Waals surface area (Å²) in [6.07, 6.45) is 5.82. The third-order valence-corrected chi connectivity index (χ3v) is 4.67. The zero-order valence-electron chi connectivity index (χ0n) is 13.9. The molecule has 3 heterocycles. The Balaban J connectivity index is 1.36. The van der Waals surface area contributed by atoms with Crippen LogP contribution >= 0.6 is 0 Å². The summed E-state index contributed by atoms with van der Waals surface area (Å²) in [6, 6.07) is 6.60. The Morgan fingerprint density at radius 1 is 1.21 bits per heavy atom. The minimum atomic E-state index is 0.115. The van der Waals surface area contributed by atoms with Crippen molar-refractivity contribution in [2.45, 2.75) is 31.5 Å². The van der Waals surface area contributed by atoms with Gasteiger partial charge in [0.2, 0.25) is 0 Å². The molecule has 1 N–H and O–H groups in total.